The lowest BCUT2D eigenvalue weighted by molar-refractivity contribution is -0.275. The highest BCUT2D eigenvalue weighted by Gasteiger charge is 2.36. The van der Waals surface area contributed by atoms with Gasteiger partial charge in [-0.2, -0.15) is 11.8 Å². The van der Waals surface area contributed by atoms with Crippen molar-refractivity contribution in [1.82, 2.24) is 9.80 Å². The number of carboxylic acid groups (broad SMARTS) is 1. The van der Waals surface area contributed by atoms with Crippen molar-refractivity contribution in [1.29, 1.82) is 0 Å². The minimum Gasteiger partial charge on any atom is -0.450 e. The molecule has 3 rings (SSSR count). The number of piperidine rings is 1. The fourth-order valence-electron chi connectivity index (χ4n) is 3.61. The number of ether oxygens (including phenoxy) is 2. The molecule has 2 amide bonds. The molecule has 1 aromatic carbocycles. The Labute approximate surface area is 173 Å². The second kappa shape index (κ2) is 9.19. The molecule has 2 aliphatic heterocycles. The fourth-order valence-corrected chi connectivity index (χ4v) is 4.51. The van der Waals surface area contributed by atoms with Gasteiger partial charge in [0.1, 0.15) is 6.10 Å². The van der Waals surface area contributed by atoms with Crippen molar-refractivity contribution >= 4 is 23.9 Å². The number of carbonyl (C=O) groups is 2. The second-order valence-corrected chi connectivity index (χ2v) is 8.19. The summed E-state index contributed by atoms with van der Waals surface area (Å²) >= 11 is 1.73. The van der Waals surface area contributed by atoms with E-state index in [4.69, 9.17) is 9.84 Å². The summed E-state index contributed by atoms with van der Waals surface area (Å²) in [5, 5.41) is 8.96. The third kappa shape index (κ3) is 5.83. The van der Waals surface area contributed by atoms with Crippen LogP contribution in [-0.2, 0) is 4.74 Å². The van der Waals surface area contributed by atoms with Crippen molar-refractivity contribution in [2.75, 3.05) is 37.7 Å². The number of alkyl halides is 3. The van der Waals surface area contributed by atoms with Crippen LogP contribution in [-0.4, -0.2) is 77.2 Å². The third-order valence-electron chi connectivity index (χ3n) is 4.88. The maximum atomic E-state index is 14.1. The van der Waals surface area contributed by atoms with Gasteiger partial charge in [0, 0.05) is 37.1 Å². The number of hydrogen-bond acceptors (Lipinski definition) is 5. The Kier molecular flexibility index (Phi) is 6.84. The fraction of sp³-hybridized carbons (Fsp3) is 0.556. The van der Waals surface area contributed by atoms with Gasteiger partial charge < -0.3 is 24.4 Å². The first-order valence-electron chi connectivity index (χ1n) is 9.19. The Balaban J connectivity index is 1.79. The number of nitrogens with zero attached hydrogens (tertiary/aromatic N) is 2. The average Bonchev–Trinajstić information content (AvgIpc) is 2.68. The molecular weight excluding hydrogens is 432 g/mol. The molecule has 166 valence electrons. The van der Waals surface area contributed by atoms with Crippen LogP contribution in [0.1, 0.15) is 17.9 Å². The molecule has 2 atom stereocenters. The zero-order valence-corrected chi connectivity index (χ0v) is 16.5. The highest BCUT2D eigenvalue weighted by atomic mass is 32.2. The molecular formula is C18H20F4N2O5S. The van der Waals surface area contributed by atoms with E-state index in [2.05, 4.69) is 4.74 Å². The zero-order chi connectivity index (χ0) is 21.9. The number of hydrogen-bond donors (Lipinski definition) is 1. The molecule has 0 bridgehead atoms. The summed E-state index contributed by atoms with van der Waals surface area (Å²) in [5.74, 6) is -1.08. The summed E-state index contributed by atoms with van der Waals surface area (Å²) in [4.78, 5) is 27.0. The summed E-state index contributed by atoms with van der Waals surface area (Å²) < 4.78 is 59.7. The van der Waals surface area contributed by atoms with Crippen molar-refractivity contribution in [3.05, 3.63) is 29.6 Å². The van der Waals surface area contributed by atoms with E-state index in [0.29, 0.717) is 18.7 Å². The van der Waals surface area contributed by atoms with E-state index in [-0.39, 0.29) is 25.5 Å². The lowest BCUT2D eigenvalue weighted by Gasteiger charge is -2.40. The molecule has 1 aromatic rings. The van der Waals surface area contributed by atoms with Gasteiger partial charge in [0.2, 0.25) is 0 Å². The summed E-state index contributed by atoms with van der Waals surface area (Å²) in [6.07, 6.45) is -7.19. The third-order valence-corrected chi connectivity index (χ3v) is 5.83. The van der Waals surface area contributed by atoms with E-state index in [0.717, 1.165) is 23.6 Å². The lowest BCUT2D eigenvalue weighted by Crippen LogP contribution is -2.53. The van der Waals surface area contributed by atoms with Crippen molar-refractivity contribution in [2.24, 2.45) is 0 Å². The van der Waals surface area contributed by atoms with Crippen LogP contribution in [0, 0.1) is 5.82 Å². The molecule has 0 aromatic heterocycles. The number of carbonyl (C=O) groups excluding carboxylic acids is 1. The quantitative estimate of drug-likeness (QED) is 0.556. The number of rotatable bonds is 3. The van der Waals surface area contributed by atoms with Gasteiger partial charge in [-0.25, -0.2) is 14.0 Å². The summed E-state index contributed by atoms with van der Waals surface area (Å²) in [7, 11) is 0. The highest BCUT2D eigenvalue weighted by Crippen LogP contribution is 2.33. The average molecular weight is 452 g/mol. The molecule has 7 nitrogen and oxygen atoms in total. The van der Waals surface area contributed by atoms with Crippen LogP contribution in [0.4, 0.5) is 27.2 Å². The second-order valence-electron chi connectivity index (χ2n) is 6.96. The Morgan fingerprint density at radius 1 is 1.13 bits per heavy atom. The molecule has 1 N–H and O–H groups in total. The molecule has 2 unspecified atom stereocenters. The predicted molar refractivity (Wildman–Crippen MR) is 99.2 cm³/mol. The molecule has 0 saturated carbocycles. The number of thioether (sulfide) groups is 1. The van der Waals surface area contributed by atoms with Gasteiger partial charge >= 0.3 is 18.5 Å². The molecule has 0 aliphatic carbocycles. The van der Waals surface area contributed by atoms with Gasteiger partial charge in [0.15, 0.2) is 11.6 Å². The van der Waals surface area contributed by atoms with Crippen LogP contribution >= 0.6 is 11.8 Å². The molecule has 30 heavy (non-hydrogen) atoms. The maximum Gasteiger partial charge on any atom is 0.573 e. The summed E-state index contributed by atoms with van der Waals surface area (Å²) in [5.41, 5.74) is 0.327. The monoisotopic (exact) mass is 452 g/mol. The Hall–Kier alpha value is -2.37. The van der Waals surface area contributed by atoms with Crippen molar-refractivity contribution in [3.8, 4) is 5.75 Å². The van der Waals surface area contributed by atoms with Crippen LogP contribution in [0.3, 0.4) is 0 Å². The van der Waals surface area contributed by atoms with Crippen LogP contribution in [0.25, 0.3) is 0 Å². The predicted octanol–water partition coefficient (Wildman–Crippen LogP) is 3.75. The zero-order valence-electron chi connectivity index (χ0n) is 15.7. The van der Waals surface area contributed by atoms with E-state index >= 15 is 0 Å². The number of amides is 2. The van der Waals surface area contributed by atoms with Crippen LogP contribution < -0.4 is 4.74 Å². The minimum atomic E-state index is -5.02. The lowest BCUT2D eigenvalue weighted by atomic mass is 9.89. The van der Waals surface area contributed by atoms with E-state index in [1.54, 1.807) is 16.7 Å². The maximum absolute atomic E-state index is 14.1. The van der Waals surface area contributed by atoms with Gasteiger partial charge in [0.05, 0.1) is 6.54 Å². The topological polar surface area (TPSA) is 79.3 Å². The smallest absolute Gasteiger partial charge is 0.450 e. The molecule has 12 heteroatoms. The molecule has 2 aliphatic rings. The first kappa shape index (κ1) is 22.3. The standard InChI is InChI=1S/C18H20F4N2O5S/c19-14-8-11(1-2-15(14)29-18(20,21)22)12-7-13(28-17(26)27)10-24(9-12)16(25)23-3-5-30-6-4-23/h1-2,8,12-13H,3-7,9-10H2,(H,26,27). The Bertz CT molecular complexity index is 788. The SMILES string of the molecule is O=C(O)OC1CC(c2ccc(OC(F)(F)F)c(F)c2)CN(C(=O)N2CCSCC2)C1. The van der Waals surface area contributed by atoms with E-state index in [1.165, 1.54) is 11.0 Å². The highest BCUT2D eigenvalue weighted by molar-refractivity contribution is 7.99. The number of halogens is 4. The summed E-state index contributed by atoms with van der Waals surface area (Å²) in [6, 6.07) is 2.79. The van der Waals surface area contributed by atoms with Gasteiger partial charge in [-0.15, -0.1) is 13.2 Å². The largest absolute Gasteiger partial charge is 0.573 e. The Morgan fingerprint density at radius 2 is 1.83 bits per heavy atom. The number of benzene rings is 1. The van der Waals surface area contributed by atoms with Crippen molar-refractivity contribution < 1.29 is 41.7 Å². The van der Waals surface area contributed by atoms with Crippen LogP contribution in [0.5, 0.6) is 5.75 Å². The van der Waals surface area contributed by atoms with E-state index in [9.17, 15) is 27.2 Å². The van der Waals surface area contributed by atoms with E-state index in [1.807, 2.05) is 0 Å². The van der Waals surface area contributed by atoms with Crippen LogP contribution in [0.2, 0.25) is 0 Å². The molecule has 2 fully saturated rings. The normalized spacial score (nSPS) is 22.5. The van der Waals surface area contributed by atoms with Gasteiger partial charge in [0.25, 0.3) is 0 Å². The number of urea groups is 1. The van der Waals surface area contributed by atoms with Gasteiger partial charge in [-0.1, -0.05) is 6.07 Å². The van der Waals surface area contributed by atoms with Crippen molar-refractivity contribution in [3.63, 3.8) is 0 Å². The number of likely N-dealkylation sites (tertiary alicyclic amines) is 1. The minimum absolute atomic E-state index is 0.0586. The first-order chi connectivity index (χ1) is 14.1. The molecule has 2 heterocycles. The van der Waals surface area contributed by atoms with Gasteiger partial charge in [-0.3, -0.25) is 0 Å². The molecule has 2 saturated heterocycles. The molecule has 0 radical (unpaired) electrons. The van der Waals surface area contributed by atoms with E-state index < -0.39 is 36.1 Å². The van der Waals surface area contributed by atoms with Crippen LogP contribution in [0.15, 0.2) is 18.2 Å². The summed E-state index contributed by atoms with van der Waals surface area (Å²) in [6.45, 7) is 1.35. The van der Waals surface area contributed by atoms with Crippen molar-refractivity contribution in [2.45, 2.75) is 24.8 Å². The Morgan fingerprint density at radius 3 is 2.43 bits per heavy atom. The molecule has 0 spiro atoms. The van der Waals surface area contributed by atoms with Gasteiger partial charge in [-0.05, 0) is 24.1 Å². The first-order valence-corrected chi connectivity index (χ1v) is 10.3.